The lowest BCUT2D eigenvalue weighted by atomic mass is 10.0. The van der Waals surface area contributed by atoms with E-state index in [9.17, 15) is 4.79 Å². The molecule has 1 unspecified atom stereocenters. The zero-order chi connectivity index (χ0) is 7.28. The van der Waals surface area contributed by atoms with Crippen LogP contribution in [0, 0.1) is 5.92 Å². The normalized spacial score (nSPS) is 12.7. The third-order valence-electron chi connectivity index (χ3n) is 1.23. The summed E-state index contributed by atoms with van der Waals surface area (Å²) in [5.74, 6) is 0.629. The van der Waals surface area contributed by atoms with Gasteiger partial charge in [-0.25, -0.2) is 0 Å². The molecule has 2 heteroatoms. The maximum absolute atomic E-state index is 10.6. The number of Topliss-reactive ketones (excluding diaryl/α,β-unsaturated/α-hetero) is 1. The van der Waals surface area contributed by atoms with Gasteiger partial charge in [0, 0.05) is 11.8 Å². The summed E-state index contributed by atoms with van der Waals surface area (Å²) in [5.41, 5.74) is 0. The minimum Gasteiger partial charge on any atom is -0.299 e. The van der Waals surface area contributed by atoms with Crippen LogP contribution in [0.4, 0.5) is 0 Å². The van der Waals surface area contributed by atoms with E-state index >= 15 is 0 Å². The maximum atomic E-state index is 10.6. The lowest BCUT2D eigenvalue weighted by Crippen LogP contribution is -2.07. The molecule has 0 bridgehead atoms. The molecule has 0 spiro atoms. The molecule has 0 amide bonds. The largest absolute Gasteiger partial charge is 0.299 e. The van der Waals surface area contributed by atoms with Crippen LogP contribution < -0.4 is 0 Å². The Morgan fingerprint density at radius 3 is 2.56 bits per heavy atom. The van der Waals surface area contributed by atoms with E-state index in [-0.39, 0.29) is 11.7 Å². The summed E-state index contributed by atoms with van der Waals surface area (Å²) in [6, 6.07) is 0. The highest BCUT2D eigenvalue weighted by molar-refractivity contribution is 6.18. The van der Waals surface area contributed by atoms with Gasteiger partial charge in [-0.2, -0.15) is 0 Å². The van der Waals surface area contributed by atoms with Crippen molar-refractivity contribution in [3.8, 4) is 0 Å². The Morgan fingerprint density at radius 2 is 2.44 bits per heavy atom. The topological polar surface area (TPSA) is 17.1 Å². The SMILES string of the molecule is C=CC(CCCl)C(C)=O. The maximum Gasteiger partial charge on any atom is 0.136 e. The zero-order valence-corrected chi connectivity index (χ0v) is 6.32. The standard InChI is InChI=1S/C7H11ClO/c1-3-7(4-5-8)6(2)9/h3,7H,1,4-5H2,2H3. The fourth-order valence-corrected chi connectivity index (χ4v) is 0.840. The van der Waals surface area contributed by atoms with Gasteiger partial charge < -0.3 is 0 Å². The van der Waals surface area contributed by atoms with Crippen LogP contribution in [-0.4, -0.2) is 11.7 Å². The summed E-state index contributed by atoms with van der Waals surface area (Å²) in [6.07, 6.45) is 2.35. The van der Waals surface area contributed by atoms with Crippen LogP contribution in [0.2, 0.25) is 0 Å². The summed E-state index contributed by atoms with van der Waals surface area (Å²) in [7, 11) is 0. The summed E-state index contributed by atoms with van der Waals surface area (Å²) >= 11 is 5.42. The first-order valence-electron chi connectivity index (χ1n) is 2.91. The highest BCUT2D eigenvalue weighted by Gasteiger charge is 2.06. The number of allylic oxidation sites excluding steroid dienone is 1. The van der Waals surface area contributed by atoms with Gasteiger partial charge >= 0.3 is 0 Å². The van der Waals surface area contributed by atoms with E-state index in [0.29, 0.717) is 12.3 Å². The van der Waals surface area contributed by atoms with Gasteiger partial charge in [-0.1, -0.05) is 6.08 Å². The first kappa shape index (κ1) is 8.70. The molecule has 0 fully saturated rings. The van der Waals surface area contributed by atoms with E-state index in [2.05, 4.69) is 6.58 Å². The second kappa shape index (κ2) is 4.57. The highest BCUT2D eigenvalue weighted by Crippen LogP contribution is 2.05. The fraction of sp³-hybridized carbons (Fsp3) is 0.571. The van der Waals surface area contributed by atoms with Crippen molar-refractivity contribution in [2.45, 2.75) is 13.3 Å². The van der Waals surface area contributed by atoms with Crippen LogP contribution in [0.15, 0.2) is 12.7 Å². The Hall–Kier alpha value is -0.300. The number of hydrogen-bond donors (Lipinski definition) is 0. The minimum absolute atomic E-state index is 0.0394. The van der Waals surface area contributed by atoms with Gasteiger partial charge in [-0.05, 0) is 13.3 Å². The number of halogens is 1. The van der Waals surface area contributed by atoms with Gasteiger partial charge in [0.2, 0.25) is 0 Å². The van der Waals surface area contributed by atoms with Gasteiger partial charge in [-0.3, -0.25) is 4.79 Å². The van der Waals surface area contributed by atoms with E-state index < -0.39 is 0 Å². The van der Waals surface area contributed by atoms with Crippen molar-refractivity contribution in [1.29, 1.82) is 0 Å². The molecule has 0 aliphatic carbocycles. The molecule has 0 saturated carbocycles. The molecular formula is C7H11ClO. The minimum atomic E-state index is -0.0394. The van der Waals surface area contributed by atoms with Crippen LogP contribution in [0.5, 0.6) is 0 Å². The molecule has 0 aromatic carbocycles. The molecule has 0 aliphatic heterocycles. The van der Waals surface area contributed by atoms with Crippen molar-refractivity contribution in [3.05, 3.63) is 12.7 Å². The van der Waals surface area contributed by atoms with Crippen molar-refractivity contribution in [2.24, 2.45) is 5.92 Å². The summed E-state index contributed by atoms with van der Waals surface area (Å²) in [4.78, 5) is 10.6. The van der Waals surface area contributed by atoms with Crippen molar-refractivity contribution in [1.82, 2.24) is 0 Å². The Balaban J connectivity index is 3.68. The van der Waals surface area contributed by atoms with E-state index in [0.717, 1.165) is 0 Å². The molecule has 1 atom stereocenters. The first-order chi connectivity index (χ1) is 4.22. The van der Waals surface area contributed by atoms with Crippen LogP contribution in [0.3, 0.4) is 0 Å². The molecule has 52 valence electrons. The number of carbonyl (C=O) groups is 1. The van der Waals surface area contributed by atoms with Crippen LogP contribution in [0.1, 0.15) is 13.3 Å². The molecule has 0 aromatic rings. The van der Waals surface area contributed by atoms with Crippen molar-refractivity contribution >= 4 is 17.4 Å². The monoisotopic (exact) mass is 146 g/mol. The second-order valence-corrected chi connectivity index (χ2v) is 2.31. The smallest absolute Gasteiger partial charge is 0.136 e. The lowest BCUT2D eigenvalue weighted by molar-refractivity contribution is -0.119. The third-order valence-corrected chi connectivity index (χ3v) is 1.45. The van der Waals surface area contributed by atoms with E-state index in [1.807, 2.05) is 0 Å². The third kappa shape index (κ3) is 3.31. The molecule has 0 heterocycles. The zero-order valence-electron chi connectivity index (χ0n) is 5.56. The molecular weight excluding hydrogens is 136 g/mol. The van der Waals surface area contributed by atoms with E-state index in [1.54, 1.807) is 13.0 Å². The van der Waals surface area contributed by atoms with Crippen molar-refractivity contribution in [2.75, 3.05) is 5.88 Å². The summed E-state index contributed by atoms with van der Waals surface area (Å²) in [6.45, 7) is 5.08. The molecule has 0 radical (unpaired) electrons. The number of hydrogen-bond acceptors (Lipinski definition) is 1. The number of carbonyl (C=O) groups excluding carboxylic acids is 1. The van der Waals surface area contributed by atoms with E-state index in [1.165, 1.54) is 0 Å². The second-order valence-electron chi connectivity index (χ2n) is 1.93. The Bertz CT molecular complexity index is 109. The number of alkyl halides is 1. The molecule has 0 N–H and O–H groups in total. The quantitative estimate of drug-likeness (QED) is 0.438. The van der Waals surface area contributed by atoms with Crippen LogP contribution in [-0.2, 0) is 4.79 Å². The lowest BCUT2D eigenvalue weighted by Gasteiger charge is -2.03. The Kier molecular flexibility index (Phi) is 4.41. The molecule has 9 heavy (non-hydrogen) atoms. The number of ketones is 1. The highest BCUT2D eigenvalue weighted by atomic mass is 35.5. The Morgan fingerprint density at radius 1 is 1.89 bits per heavy atom. The van der Waals surface area contributed by atoms with Gasteiger partial charge in [0.1, 0.15) is 5.78 Å². The molecule has 1 nitrogen and oxygen atoms in total. The van der Waals surface area contributed by atoms with Gasteiger partial charge in [0.05, 0.1) is 0 Å². The molecule has 0 saturated heterocycles. The summed E-state index contributed by atoms with van der Waals surface area (Å²) < 4.78 is 0. The number of rotatable bonds is 4. The first-order valence-corrected chi connectivity index (χ1v) is 3.44. The van der Waals surface area contributed by atoms with Gasteiger partial charge in [0.25, 0.3) is 0 Å². The van der Waals surface area contributed by atoms with Crippen molar-refractivity contribution in [3.63, 3.8) is 0 Å². The van der Waals surface area contributed by atoms with Gasteiger partial charge in [-0.15, -0.1) is 18.2 Å². The predicted molar refractivity (Wildman–Crippen MR) is 39.7 cm³/mol. The van der Waals surface area contributed by atoms with Gasteiger partial charge in [0.15, 0.2) is 0 Å². The average Bonchev–Trinajstić information content (AvgIpc) is 1.82. The Labute approximate surface area is 60.7 Å². The predicted octanol–water partition coefficient (Wildman–Crippen LogP) is 2.01. The molecule has 0 aliphatic rings. The molecule has 0 rings (SSSR count). The van der Waals surface area contributed by atoms with E-state index in [4.69, 9.17) is 11.6 Å². The average molecular weight is 147 g/mol. The van der Waals surface area contributed by atoms with Crippen LogP contribution >= 0.6 is 11.6 Å². The van der Waals surface area contributed by atoms with Crippen LogP contribution in [0.25, 0.3) is 0 Å². The fourth-order valence-electron chi connectivity index (χ4n) is 0.605. The van der Waals surface area contributed by atoms with Crippen molar-refractivity contribution < 1.29 is 4.79 Å². The summed E-state index contributed by atoms with van der Waals surface area (Å²) in [5, 5.41) is 0. The molecule has 0 aromatic heterocycles.